The number of hydrogen-bond donors (Lipinski definition) is 2. The van der Waals surface area contributed by atoms with Crippen LogP contribution < -0.4 is 5.32 Å². The predicted octanol–water partition coefficient (Wildman–Crippen LogP) is 0.974. The quantitative estimate of drug-likeness (QED) is 0.512. The van der Waals surface area contributed by atoms with Crippen LogP contribution in [-0.4, -0.2) is 35.8 Å². The highest BCUT2D eigenvalue weighted by atomic mass is 16.1. The van der Waals surface area contributed by atoms with Crippen LogP contribution in [0.15, 0.2) is 0 Å². The average molecular weight is 221 g/mol. The molecule has 0 aromatic rings. The van der Waals surface area contributed by atoms with Crippen molar-refractivity contribution in [3.63, 3.8) is 0 Å². The molecular weight excluding hydrogens is 202 g/mol. The summed E-state index contributed by atoms with van der Waals surface area (Å²) in [5.74, 6) is 2.20. The topological polar surface area (TPSA) is 56.2 Å². The highest BCUT2D eigenvalue weighted by Crippen LogP contribution is 2.34. The normalized spacial score (nSPS) is 34.2. The Morgan fingerprint density at radius 3 is 2.88 bits per heavy atom. The third kappa shape index (κ3) is 1.81. The molecule has 88 valence electrons. The maximum atomic E-state index is 11.3. The Hall–Kier alpha value is -1.06. The molecule has 0 spiro atoms. The van der Waals surface area contributed by atoms with Gasteiger partial charge in [-0.15, -0.1) is 0 Å². The largest absolute Gasteiger partial charge is 0.360 e. The van der Waals surface area contributed by atoms with Crippen LogP contribution in [0.4, 0.5) is 0 Å². The number of piperidine rings is 2. The lowest BCUT2D eigenvalue weighted by molar-refractivity contribution is -0.125. The second-order valence-corrected chi connectivity index (χ2v) is 5.37. The van der Waals surface area contributed by atoms with Crippen LogP contribution in [0.25, 0.3) is 0 Å². The lowest BCUT2D eigenvalue weighted by Gasteiger charge is -2.42. The molecule has 0 radical (unpaired) electrons. The van der Waals surface area contributed by atoms with Crippen molar-refractivity contribution < 1.29 is 4.79 Å². The smallest absolute Gasteiger partial charge is 0.220 e. The number of carbonyl (C=O) groups is 1. The maximum absolute atomic E-state index is 11.3. The molecule has 2 N–H and O–H groups in total. The number of fused-ring (bicyclic) bond motifs is 1. The summed E-state index contributed by atoms with van der Waals surface area (Å²) in [6.07, 6.45) is 5.11. The minimum Gasteiger partial charge on any atom is -0.360 e. The molecule has 2 atom stereocenters. The second kappa shape index (κ2) is 3.75. The SMILES string of the molecule is N=C(C1CC1)N1CCC2NC(=O)CCC2C1. The van der Waals surface area contributed by atoms with Crippen molar-refractivity contribution in [2.75, 3.05) is 13.1 Å². The van der Waals surface area contributed by atoms with Gasteiger partial charge in [-0.1, -0.05) is 0 Å². The van der Waals surface area contributed by atoms with Gasteiger partial charge in [-0.25, -0.2) is 0 Å². The number of rotatable bonds is 1. The number of amides is 1. The first-order valence-electron chi connectivity index (χ1n) is 6.37. The Labute approximate surface area is 95.9 Å². The van der Waals surface area contributed by atoms with Gasteiger partial charge in [0.15, 0.2) is 0 Å². The number of nitrogens with zero attached hydrogens (tertiary/aromatic N) is 1. The van der Waals surface area contributed by atoms with Gasteiger partial charge in [0.25, 0.3) is 0 Å². The number of amidine groups is 1. The van der Waals surface area contributed by atoms with Crippen molar-refractivity contribution in [1.29, 1.82) is 5.41 Å². The lowest BCUT2D eigenvalue weighted by Crippen LogP contribution is -2.55. The molecule has 0 bridgehead atoms. The standard InChI is InChI=1S/C12H19N3O/c13-12(8-1-2-8)15-6-5-10-9(7-15)3-4-11(16)14-10/h8-10,13H,1-7H2,(H,14,16). The molecule has 1 amide bonds. The van der Waals surface area contributed by atoms with Gasteiger partial charge >= 0.3 is 0 Å². The van der Waals surface area contributed by atoms with Gasteiger partial charge in [-0.05, 0) is 31.6 Å². The Morgan fingerprint density at radius 1 is 1.31 bits per heavy atom. The first-order valence-corrected chi connectivity index (χ1v) is 6.37. The van der Waals surface area contributed by atoms with Crippen molar-refractivity contribution in [3.8, 4) is 0 Å². The molecule has 2 heterocycles. The van der Waals surface area contributed by atoms with Gasteiger partial charge in [0.1, 0.15) is 0 Å². The van der Waals surface area contributed by atoms with Gasteiger partial charge < -0.3 is 10.2 Å². The summed E-state index contributed by atoms with van der Waals surface area (Å²) >= 11 is 0. The molecule has 2 aliphatic heterocycles. The summed E-state index contributed by atoms with van der Waals surface area (Å²) < 4.78 is 0. The minimum atomic E-state index is 0.215. The van der Waals surface area contributed by atoms with Crippen molar-refractivity contribution in [2.24, 2.45) is 11.8 Å². The van der Waals surface area contributed by atoms with Crippen LogP contribution in [0.3, 0.4) is 0 Å². The van der Waals surface area contributed by atoms with E-state index in [0.29, 0.717) is 24.3 Å². The van der Waals surface area contributed by atoms with E-state index in [1.54, 1.807) is 0 Å². The highest BCUT2D eigenvalue weighted by molar-refractivity contribution is 5.84. The molecule has 4 heteroatoms. The molecule has 0 aromatic heterocycles. The van der Waals surface area contributed by atoms with Gasteiger partial charge in [-0.3, -0.25) is 10.2 Å². The molecule has 0 aromatic carbocycles. The molecule has 4 nitrogen and oxygen atoms in total. The fraction of sp³-hybridized carbons (Fsp3) is 0.833. The van der Waals surface area contributed by atoms with Crippen LogP contribution in [0, 0.1) is 17.2 Å². The van der Waals surface area contributed by atoms with Gasteiger partial charge in [-0.2, -0.15) is 0 Å². The van der Waals surface area contributed by atoms with Crippen molar-refractivity contribution in [2.45, 2.75) is 38.1 Å². The number of hydrogen-bond acceptors (Lipinski definition) is 2. The van der Waals surface area contributed by atoms with E-state index in [4.69, 9.17) is 5.41 Å². The van der Waals surface area contributed by atoms with Crippen LogP contribution in [0.1, 0.15) is 32.1 Å². The van der Waals surface area contributed by atoms with E-state index in [1.807, 2.05) is 0 Å². The summed E-state index contributed by atoms with van der Waals surface area (Å²) in [5.41, 5.74) is 0. The molecule has 1 aliphatic carbocycles. The van der Waals surface area contributed by atoms with Gasteiger partial charge in [0, 0.05) is 31.5 Å². The Balaban J connectivity index is 1.62. The molecule has 3 rings (SSSR count). The average Bonchev–Trinajstić information content (AvgIpc) is 3.11. The molecule has 3 aliphatic rings. The lowest BCUT2D eigenvalue weighted by atomic mass is 9.85. The van der Waals surface area contributed by atoms with E-state index in [-0.39, 0.29) is 5.91 Å². The molecule has 3 fully saturated rings. The zero-order valence-corrected chi connectivity index (χ0v) is 9.54. The van der Waals surface area contributed by atoms with Crippen molar-refractivity contribution >= 4 is 11.7 Å². The van der Waals surface area contributed by atoms with Crippen molar-refractivity contribution in [1.82, 2.24) is 10.2 Å². The molecule has 1 saturated carbocycles. The van der Waals surface area contributed by atoms with E-state index < -0.39 is 0 Å². The molecule has 2 unspecified atom stereocenters. The van der Waals surface area contributed by atoms with Crippen LogP contribution >= 0.6 is 0 Å². The maximum Gasteiger partial charge on any atom is 0.220 e. The second-order valence-electron chi connectivity index (χ2n) is 5.37. The minimum absolute atomic E-state index is 0.215. The first-order chi connectivity index (χ1) is 7.74. The van der Waals surface area contributed by atoms with E-state index in [1.165, 1.54) is 12.8 Å². The third-order valence-corrected chi connectivity index (χ3v) is 4.13. The fourth-order valence-corrected chi connectivity index (χ4v) is 2.94. The fourth-order valence-electron chi connectivity index (χ4n) is 2.94. The van der Waals surface area contributed by atoms with E-state index in [2.05, 4.69) is 10.2 Å². The van der Waals surface area contributed by atoms with Gasteiger partial charge in [0.2, 0.25) is 5.91 Å². The highest BCUT2D eigenvalue weighted by Gasteiger charge is 2.37. The Kier molecular flexibility index (Phi) is 2.37. The predicted molar refractivity (Wildman–Crippen MR) is 61.3 cm³/mol. The molecule has 16 heavy (non-hydrogen) atoms. The van der Waals surface area contributed by atoms with Crippen LogP contribution in [0.2, 0.25) is 0 Å². The number of nitrogens with one attached hydrogen (secondary N) is 2. The monoisotopic (exact) mass is 221 g/mol. The first kappa shape index (κ1) is 10.1. The summed E-state index contributed by atoms with van der Waals surface area (Å²) in [6, 6.07) is 0.379. The summed E-state index contributed by atoms with van der Waals surface area (Å²) in [7, 11) is 0. The third-order valence-electron chi connectivity index (χ3n) is 4.13. The Morgan fingerprint density at radius 2 is 2.12 bits per heavy atom. The zero-order valence-electron chi connectivity index (χ0n) is 9.54. The van der Waals surface area contributed by atoms with E-state index in [9.17, 15) is 4.79 Å². The van der Waals surface area contributed by atoms with Crippen molar-refractivity contribution in [3.05, 3.63) is 0 Å². The molecule has 2 saturated heterocycles. The summed E-state index contributed by atoms with van der Waals surface area (Å²) in [5, 5.41) is 11.2. The van der Waals surface area contributed by atoms with E-state index in [0.717, 1.165) is 31.8 Å². The number of carbonyl (C=O) groups excluding carboxylic acids is 1. The zero-order chi connectivity index (χ0) is 11.1. The Bertz CT molecular complexity index is 324. The molecular formula is C12H19N3O. The van der Waals surface area contributed by atoms with Crippen LogP contribution in [-0.2, 0) is 4.79 Å². The summed E-state index contributed by atoms with van der Waals surface area (Å²) in [6.45, 7) is 1.94. The van der Waals surface area contributed by atoms with Gasteiger partial charge in [0.05, 0.1) is 5.84 Å². The summed E-state index contributed by atoms with van der Waals surface area (Å²) in [4.78, 5) is 13.5. The van der Waals surface area contributed by atoms with E-state index >= 15 is 0 Å². The van der Waals surface area contributed by atoms with Crippen LogP contribution in [0.5, 0.6) is 0 Å². The number of likely N-dealkylation sites (tertiary alicyclic amines) is 1.